The van der Waals surface area contributed by atoms with Crippen LogP contribution in [0.5, 0.6) is 0 Å². The van der Waals surface area contributed by atoms with Gasteiger partial charge in [0.1, 0.15) is 73.9 Å². The average molecular weight is 707 g/mol. The first-order chi connectivity index (χ1) is 26.9. The molecular formula is C47H40B8O. The maximum Gasteiger partial charge on any atom is 0.139 e. The molecule has 9 aromatic rings. The standard InChI is InChI=1S/C47H40B8O/c1-47(2)28-11-5-3-8-25(28)26-19-18-23(20-29(26)47)33-37-35(39(48)43(52)45(54)41(37)50)32(36-38(33)42(51)46(55)44(53)40(36)49)22-16-14-21(15-17-22)24-10-7-13-31-34(24)27-9-4-6-12-30(27)56-31/h3-20H,48-55H2,1-2H3. The van der Waals surface area contributed by atoms with Gasteiger partial charge in [-0.1, -0.05) is 127 Å². The predicted octanol–water partition coefficient (Wildman–Crippen LogP) is -0.733. The third-order valence-corrected chi connectivity index (χ3v) is 14.1. The molecule has 9 heteroatoms. The Kier molecular flexibility index (Phi) is 7.70. The summed E-state index contributed by atoms with van der Waals surface area (Å²) in [6.07, 6.45) is 0. The van der Waals surface area contributed by atoms with Gasteiger partial charge in [0, 0.05) is 16.2 Å². The topological polar surface area (TPSA) is 13.1 Å². The minimum atomic E-state index is -0.0861. The van der Waals surface area contributed by atoms with Crippen LogP contribution in [-0.2, 0) is 5.41 Å². The lowest BCUT2D eigenvalue weighted by atomic mass is 9.59. The average Bonchev–Trinajstić information content (AvgIpc) is 3.71. The van der Waals surface area contributed by atoms with Gasteiger partial charge in [-0.3, -0.25) is 0 Å². The summed E-state index contributed by atoms with van der Waals surface area (Å²) in [5.41, 5.74) is 25.9. The molecule has 0 atom stereocenters. The van der Waals surface area contributed by atoms with E-state index in [0.717, 1.165) is 16.6 Å². The molecule has 1 nitrogen and oxygen atoms in total. The van der Waals surface area contributed by atoms with Crippen LogP contribution in [0, 0.1) is 0 Å². The molecule has 0 fully saturated rings. The minimum absolute atomic E-state index is 0.0861. The lowest BCUT2D eigenvalue weighted by Crippen LogP contribution is -2.50. The van der Waals surface area contributed by atoms with Gasteiger partial charge in [0.05, 0.1) is 0 Å². The van der Waals surface area contributed by atoms with E-state index >= 15 is 0 Å². The Morgan fingerprint density at radius 3 is 1.46 bits per heavy atom. The van der Waals surface area contributed by atoms with Gasteiger partial charge in [-0.15, -0.1) is 21.9 Å². The molecule has 0 radical (unpaired) electrons. The number of benzene rings is 8. The van der Waals surface area contributed by atoms with E-state index in [4.69, 9.17) is 4.42 Å². The molecule has 258 valence electrons. The fourth-order valence-electron chi connectivity index (χ4n) is 10.4. The summed E-state index contributed by atoms with van der Waals surface area (Å²) in [6, 6.07) is 40.5. The van der Waals surface area contributed by atoms with Crippen molar-refractivity contribution < 1.29 is 4.42 Å². The van der Waals surface area contributed by atoms with E-state index in [1.807, 2.05) is 6.07 Å². The molecule has 1 aliphatic carbocycles. The van der Waals surface area contributed by atoms with Crippen LogP contribution in [0.3, 0.4) is 0 Å². The number of rotatable bonds is 3. The number of hydrogen-bond acceptors (Lipinski definition) is 1. The lowest BCUT2D eigenvalue weighted by molar-refractivity contribution is 0.660. The fourth-order valence-corrected chi connectivity index (χ4v) is 10.4. The molecule has 0 unspecified atom stereocenters. The molecule has 10 rings (SSSR count). The summed E-state index contributed by atoms with van der Waals surface area (Å²) in [5.74, 6) is 0. The second-order valence-electron chi connectivity index (χ2n) is 17.0. The molecular weight excluding hydrogens is 667 g/mol. The zero-order valence-corrected chi connectivity index (χ0v) is 34.3. The summed E-state index contributed by atoms with van der Waals surface area (Å²) in [4.78, 5) is 0. The highest BCUT2D eigenvalue weighted by Crippen LogP contribution is 2.51. The third-order valence-electron chi connectivity index (χ3n) is 14.1. The maximum absolute atomic E-state index is 6.29. The second kappa shape index (κ2) is 12.3. The molecule has 0 aliphatic heterocycles. The summed E-state index contributed by atoms with van der Waals surface area (Å²) >= 11 is 0. The van der Waals surface area contributed by atoms with Crippen LogP contribution in [0.4, 0.5) is 0 Å². The Bertz CT molecular complexity index is 3110. The van der Waals surface area contributed by atoms with E-state index in [1.54, 1.807) is 0 Å². The van der Waals surface area contributed by atoms with Crippen molar-refractivity contribution in [3.8, 4) is 44.5 Å². The van der Waals surface area contributed by atoms with E-state index in [9.17, 15) is 0 Å². The van der Waals surface area contributed by atoms with Gasteiger partial charge in [0.2, 0.25) is 0 Å². The maximum atomic E-state index is 6.29. The van der Waals surface area contributed by atoms with E-state index < -0.39 is 0 Å². The smallest absolute Gasteiger partial charge is 0.139 e. The lowest BCUT2D eigenvalue weighted by Gasteiger charge is -2.29. The Morgan fingerprint density at radius 1 is 0.375 bits per heavy atom. The quantitative estimate of drug-likeness (QED) is 0.175. The summed E-state index contributed by atoms with van der Waals surface area (Å²) < 4.78 is 6.29. The summed E-state index contributed by atoms with van der Waals surface area (Å²) in [5, 5.41) is 7.83. The van der Waals surface area contributed by atoms with Gasteiger partial charge in [-0.05, 0) is 95.4 Å². The highest BCUT2D eigenvalue weighted by atomic mass is 16.3. The van der Waals surface area contributed by atoms with Crippen molar-refractivity contribution in [2.45, 2.75) is 19.3 Å². The van der Waals surface area contributed by atoms with Crippen molar-refractivity contribution in [3.05, 3.63) is 120 Å². The predicted molar refractivity (Wildman–Crippen MR) is 268 cm³/mol. The normalized spacial score (nSPS) is 13.2. The molecule has 0 N–H and O–H groups in total. The first kappa shape index (κ1) is 35.0. The zero-order chi connectivity index (χ0) is 38.9. The van der Waals surface area contributed by atoms with Crippen LogP contribution in [0.1, 0.15) is 25.0 Å². The summed E-state index contributed by atoms with van der Waals surface area (Å²) in [7, 11) is 18.7. The molecule has 0 spiro atoms. The van der Waals surface area contributed by atoms with E-state index in [1.165, 1.54) is 126 Å². The highest BCUT2D eigenvalue weighted by Gasteiger charge is 2.36. The Labute approximate surface area is 336 Å². The Hall–Kier alpha value is -5.40. The van der Waals surface area contributed by atoms with Crippen LogP contribution < -0.4 is 43.7 Å². The van der Waals surface area contributed by atoms with Crippen molar-refractivity contribution in [2.24, 2.45) is 0 Å². The van der Waals surface area contributed by atoms with Gasteiger partial charge < -0.3 is 4.42 Å². The molecule has 0 bridgehead atoms. The molecule has 1 heterocycles. The van der Waals surface area contributed by atoms with Crippen LogP contribution in [0.2, 0.25) is 0 Å². The van der Waals surface area contributed by atoms with Crippen molar-refractivity contribution in [2.75, 3.05) is 0 Å². The first-order valence-electron chi connectivity index (χ1n) is 20.1. The Balaban J connectivity index is 1.31. The molecule has 1 aromatic heterocycles. The van der Waals surface area contributed by atoms with Gasteiger partial charge in [0.25, 0.3) is 0 Å². The molecule has 1 aliphatic rings. The van der Waals surface area contributed by atoms with Crippen molar-refractivity contribution in [3.63, 3.8) is 0 Å². The van der Waals surface area contributed by atoms with Crippen LogP contribution in [0.25, 0.3) is 88.0 Å². The van der Waals surface area contributed by atoms with Gasteiger partial charge in [0.15, 0.2) is 0 Å². The fraction of sp³-hybridized carbons (Fsp3) is 0.0638. The summed E-state index contributed by atoms with van der Waals surface area (Å²) in [6.45, 7) is 4.79. The first-order valence-corrected chi connectivity index (χ1v) is 20.1. The zero-order valence-electron chi connectivity index (χ0n) is 34.3. The van der Waals surface area contributed by atoms with Crippen molar-refractivity contribution in [1.82, 2.24) is 0 Å². The highest BCUT2D eigenvalue weighted by molar-refractivity contribution is 6.71. The van der Waals surface area contributed by atoms with E-state index in [0.29, 0.717) is 0 Å². The van der Waals surface area contributed by atoms with Crippen molar-refractivity contribution in [1.29, 1.82) is 0 Å². The van der Waals surface area contributed by atoms with Crippen LogP contribution in [0.15, 0.2) is 114 Å². The molecule has 0 saturated heterocycles. The van der Waals surface area contributed by atoms with Gasteiger partial charge >= 0.3 is 0 Å². The third kappa shape index (κ3) is 4.67. The van der Waals surface area contributed by atoms with Gasteiger partial charge in [-0.2, -0.15) is 0 Å². The number of hydrogen-bond donors (Lipinski definition) is 0. The molecule has 0 amide bonds. The second-order valence-corrected chi connectivity index (χ2v) is 17.0. The van der Waals surface area contributed by atoms with E-state index in [-0.39, 0.29) is 5.41 Å². The number of fused-ring (bicyclic) bond motifs is 8. The monoisotopic (exact) mass is 708 g/mol. The van der Waals surface area contributed by atoms with Crippen LogP contribution in [-0.4, -0.2) is 62.8 Å². The SMILES string of the molecule is Bc1c(B)c(B)c2c(-c3ccc4c(c3)C(C)(C)c3ccccc3-4)c3c(B)c(B)c(B)c(B)c3c(-c3ccc(-c4cccc5oc6ccccc6c45)cc3)c2c1B. The van der Waals surface area contributed by atoms with Gasteiger partial charge in [-0.25, -0.2) is 0 Å². The molecule has 0 saturated carbocycles. The molecule has 56 heavy (non-hydrogen) atoms. The van der Waals surface area contributed by atoms with E-state index in [2.05, 4.69) is 180 Å². The molecule has 8 aromatic carbocycles. The number of furan rings is 1. The largest absolute Gasteiger partial charge is 0.456 e. The number of para-hydroxylation sites is 1. The Morgan fingerprint density at radius 2 is 0.839 bits per heavy atom. The van der Waals surface area contributed by atoms with Crippen LogP contribution >= 0.6 is 0 Å². The van der Waals surface area contributed by atoms with Crippen molar-refractivity contribution >= 4 is 150 Å². The minimum Gasteiger partial charge on any atom is -0.456 e.